The average Bonchev–Trinajstić information content (AvgIpc) is 2.53. The standard InChI is InChI=1S/C17H27N3/c18-9-4-10-20(13-15-5-2-1-3-6-15)17-14-19-11-7-16(17)8-12-19/h1-3,5-6,16-17H,4,7-14,18H2. The van der Waals surface area contributed by atoms with Gasteiger partial charge in [-0.2, -0.15) is 0 Å². The number of rotatable bonds is 6. The van der Waals surface area contributed by atoms with Crippen molar-refractivity contribution >= 4 is 0 Å². The van der Waals surface area contributed by atoms with Gasteiger partial charge in [0.2, 0.25) is 0 Å². The molecule has 4 rings (SSSR count). The van der Waals surface area contributed by atoms with E-state index in [2.05, 4.69) is 40.1 Å². The van der Waals surface area contributed by atoms with E-state index in [1.165, 1.54) is 38.0 Å². The second-order valence-corrected chi connectivity index (χ2v) is 6.30. The van der Waals surface area contributed by atoms with Crippen molar-refractivity contribution in [1.29, 1.82) is 0 Å². The van der Waals surface area contributed by atoms with Crippen molar-refractivity contribution in [3.63, 3.8) is 0 Å². The summed E-state index contributed by atoms with van der Waals surface area (Å²) in [6.07, 6.45) is 3.88. The number of nitrogens with two attached hydrogens (primary N) is 1. The second kappa shape index (κ2) is 6.70. The molecule has 0 spiro atoms. The van der Waals surface area contributed by atoms with Crippen molar-refractivity contribution in [2.24, 2.45) is 11.7 Å². The summed E-state index contributed by atoms with van der Waals surface area (Å²) in [5.74, 6) is 0.904. The van der Waals surface area contributed by atoms with Gasteiger partial charge in [-0.1, -0.05) is 30.3 Å². The first kappa shape index (κ1) is 14.1. The molecule has 0 aliphatic carbocycles. The van der Waals surface area contributed by atoms with Gasteiger partial charge in [0.1, 0.15) is 0 Å². The first-order chi connectivity index (χ1) is 9.86. The Morgan fingerprint density at radius 3 is 2.50 bits per heavy atom. The molecule has 3 heterocycles. The maximum Gasteiger partial charge on any atom is 0.0255 e. The molecule has 0 amide bonds. The van der Waals surface area contributed by atoms with Gasteiger partial charge in [-0.15, -0.1) is 0 Å². The Morgan fingerprint density at radius 1 is 1.15 bits per heavy atom. The molecule has 1 aromatic rings. The highest BCUT2D eigenvalue weighted by Crippen LogP contribution is 2.31. The average molecular weight is 273 g/mol. The van der Waals surface area contributed by atoms with Gasteiger partial charge in [-0.25, -0.2) is 0 Å². The van der Waals surface area contributed by atoms with E-state index in [0.717, 1.165) is 38.0 Å². The lowest BCUT2D eigenvalue weighted by Crippen LogP contribution is -2.57. The predicted octanol–water partition coefficient (Wildman–Crippen LogP) is 1.93. The zero-order chi connectivity index (χ0) is 13.8. The zero-order valence-electron chi connectivity index (χ0n) is 12.4. The molecule has 0 radical (unpaired) electrons. The summed E-state index contributed by atoms with van der Waals surface area (Å²) in [5.41, 5.74) is 7.17. The fourth-order valence-electron chi connectivity index (χ4n) is 3.82. The summed E-state index contributed by atoms with van der Waals surface area (Å²) in [6, 6.07) is 11.6. The summed E-state index contributed by atoms with van der Waals surface area (Å²) in [6.45, 7) is 6.92. The van der Waals surface area contributed by atoms with Crippen LogP contribution in [0.1, 0.15) is 24.8 Å². The molecular formula is C17H27N3. The van der Waals surface area contributed by atoms with Gasteiger partial charge in [0.05, 0.1) is 0 Å². The van der Waals surface area contributed by atoms with Gasteiger partial charge in [-0.3, -0.25) is 4.90 Å². The van der Waals surface area contributed by atoms with E-state index in [9.17, 15) is 0 Å². The molecule has 1 atom stereocenters. The number of nitrogens with zero attached hydrogens (tertiary/aromatic N) is 2. The molecular weight excluding hydrogens is 246 g/mol. The van der Waals surface area contributed by atoms with E-state index in [0.29, 0.717) is 0 Å². The predicted molar refractivity (Wildman–Crippen MR) is 83.5 cm³/mol. The molecule has 3 fully saturated rings. The highest BCUT2D eigenvalue weighted by atomic mass is 15.3. The van der Waals surface area contributed by atoms with Crippen LogP contribution in [0, 0.1) is 5.92 Å². The fourth-order valence-corrected chi connectivity index (χ4v) is 3.82. The number of fused-ring (bicyclic) bond motifs is 3. The molecule has 3 nitrogen and oxygen atoms in total. The highest BCUT2D eigenvalue weighted by molar-refractivity contribution is 5.15. The normalized spacial score (nSPS) is 29.0. The van der Waals surface area contributed by atoms with E-state index in [1.54, 1.807) is 0 Å². The molecule has 0 saturated carbocycles. The highest BCUT2D eigenvalue weighted by Gasteiger charge is 2.37. The van der Waals surface area contributed by atoms with Crippen molar-refractivity contribution < 1.29 is 0 Å². The van der Waals surface area contributed by atoms with Crippen LogP contribution >= 0.6 is 0 Å². The summed E-state index contributed by atoms with van der Waals surface area (Å²) < 4.78 is 0. The summed E-state index contributed by atoms with van der Waals surface area (Å²) >= 11 is 0. The Morgan fingerprint density at radius 2 is 1.90 bits per heavy atom. The van der Waals surface area contributed by atoms with Gasteiger partial charge in [-0.05, 0) is 50.4 Å². The molecule has 1 unspecified atom stereocenters. The van der Waals surface area contributed by atoms with E-state index >= 15 is 0 Å². The largest absolute Gasteiger partial charge is 0.330 e. The van der Waals surface area contributed by atoms with Gasteiger partial charge in [0.25, 0.3) is 0 Å². The van der Waals surface area contributed by atoms with Crippen molar-refractivity contribution in [2.45, 2.75) is 31.8 Å². The maximum atomic E-state index is 5.74. The molecule has 1 aromatic carbocycles. The van der Waals surface area contributed by atoms with Gasteiger partial charge >= 0.3 is 0 Å². The van der Waals surface area contributed by atoms with E-state index in [1.807, 2.05) is 0 Å². The number of hydrogen-bond acceptors (Lipinski definition) is 3. The Balaban J connectivity index is 1.69. The Bertz CT molecular complexity index is 398. The van der Waals surface area contributed by atoms with E-state index < -0.39 is 0 Å². The first-order valence-corrected chi connectivity index (χ1v) is 8.07. The smallest absolute Gasteiger partial charge is 0.0255 e. The molecule has 3 saturated heterocycles. The number of hydrogen-bond donors (Lipinski definition) is 1. The number of piperidine rings is 3. The van der Waals surface area contributed by atoms with E-state index in [-0.39, 0.29) is 0 Å². The van der Waals surface area contributed by atoms with Crippen molar-refractivity contribution in [2.75, 3.05) is 32.7 Å². The molecule has 20 heavy (non-hydrogen) atoms. The molecule has 110 valence electrons. The Hall–Kier alpha value is -0.900. The molecule has 2 bridgehead atoms. The minimum atomic E-state index is 0.740. The van der Waals surface area contributed by atoms with Crippen molar-refractivity contribution in [3.05, 3.63) is 35.9 Å². The molecule has 2 N–H and O–H groups in total. The Labute approximate surface area is 122 Å². The van der Waals surface area contributed by atoms with Crippen LogP contribution in [0.15, 0.2) is 30.3 Å². The van der Waals surface area contributed by atoms with Crippen LogP contribution in [0.3, 0.4) is 0 Å². The van der Waals surface area contributed by atoms with E-state index in [4.69, 9.17) is 5.73 Å². The van der Waals surface area contributed by atoms with Gasteiger partial charge in [0.15, 0.2) is 0 Å². The van der Waals surface area contributed by atoms with Crippen molar-refractivity contribution in [1.82, 2.24) is 9.80 Å². The van der Waals surface area contributed by atoms with Crippen LogP contribution < -0.4 is 5.73 Å². The maximum absolute atomic E-state index is 5.74. The lowest BCUT2D eigenvalue weighted by molar-refractivity contribution is 0.00115. The second-order valence-electron chi connectivity index (χ2n) is 6.30. The molecule has 3 aliphatic heterocycles. The Kier molecular flexibility index (Phi) is 4.71. The van der Waals surface area contributed by atoms with Crippen LogP contribution in [0.5, 0.6) is 0 Å². The zero-order valence-corrected chi connectivity index (χ0v) is 12.4. The van der Waals surface area contributed by atoms with Gasteiger partial charge < -0.3 is 10.6 Å². The topological polar surface area (TPSA) is 32.5 Å². The molecule has 3 aliphatic rings. The van der Waals surface area contributed by atoms with Gasteiger partial charge in [0, 0.05) is 25.7 Å². The van der Waals surface area contributed by atoms with Crippen LogP contribution in [0.25, 0.3) is 0 Å². The number of benzene rings is 1. The quantitative estimate of drug-likeness (QED) is 0.859. The molecule has 0 aromatic heterocycles. The van der Waals surface area contributed by atoms with Crippen LogP contribution in [0.2, 0.25) is 0 Å². The third-order valence-corrected chi connectivity index (χ3v) is 4.97. The third kappa shape index (κ3) is 3.22. The van der Waals surface area contributed by atoms with Crippen molar-refractivity contribution in [3.8, 4) is 0 Å². The van der Waals surface area contributed by atoms with Crippen LogP contribution in [-0.4, -0.2) is 48.6 Å². The minimum absolute atomic E-state index is 0.740. The lowest BCUT2D eigenvalue weighted by Gasteiger charge is -2.49. The monoisotopic (exact) mass is 273 g/mol. The van der Waals surface area contributed by atoms with Crippen LogP contribution in [0.4, 0.5) is 0 Å². The summed E-state index contributed by atoms with van der Waals surface area (Å²) in [7, 11) is 0. The molecule has 3 heteroatoms. The van der Waals surface area contributed by atoms with Crippen LogP contribution in [-0.2, 0) is 6.54 Å². The summed E-state index contributed by atoms with van der Waals surface area (Å²) in [5, 5.41) is 0. The SMILES string of the molecule is NCCCN(Cc1ccccc1)C1CN2CCC1CC2. The minimum Gasteiger partial charge on any atom is -0.330 e. The lowest BCUT2D eigenvalue weighted by atomic mass is 9.83. The summed E-state index contributed by atoms with van der Waals surface area (Å²) in [4.78, 5) is 5.34. The third-order valence-electron chi connectivity index (χ3n) is 4.97. The first-order valence-electron chi connectivity index (χ1n) is 8.07. The fraction of sp³-hybridized carbons (Fsp3) is 0.647.